The van der Waals surface area contributed by atoms with Crippen LogP contribution in [0.3, 0.4) is 0 Å². The summed E-state index contributed by atoms with van der Waals surface area (Å²) in [6.45, 7) is 2.22. The van der Waals surface area contributed by atoms with Crippen LogP contribution in [0.2, 0.25) is 0 Å². The molecule has 0 fully saturated rings. The third-order valence-electron chi connectivity index (χ3n) is 1.74. The van der Waals surface area contributed by atoms with Gasteiger partial charge in [0.25, 0.3) is 0 Å². The summed E-state index contributed by atoms with van der Waals surface area (Å²) < 4.78 is 0. The Hall–Kier alpha value is 0.110. The molecule has 0 spiro atoms. The second kappa shape index (κ2) is 4.88. The molecule has 0 aliphatic carbocycles. The van der Waals surface area contributed by atoms with Crippen molar-refractivity contribution in [2.75, 3.05) is 5.33 Å². The average molecular weight is 234 g/mol. The highest BCUT2D eigenvalue weighted by Crippen LogP contribution is 2.15. The Bertz CT molecular complexity index is 182. The SMILES string of the molecule is CCC(CBr)Cc1nccs1. The monoisotopic (exact) mass is 233 g/mol. The zero-order chi connectivity index (χ0) is 8.10. The van der Waals surface area contributed by atoms with Crippen LogP contribution in [0.1, 0.15) is 18.4 Å². The summed E-state index contributed by atoms with van der Waals surface area (Å²) in [5, 5.41) is 4.38. The van der Waals surface area contributed by atoms with Crippen LogP contribution in [0.5, 0.6) is 0 Å². The Morgan fingerprint density at radius 1 is 1.73 bits per heavy atom. The molecule has 3 heteroatoms. The molecular formula is C8H12BrNS. The van der Waals surface area contributed by atoms with Gasteiger partial charge < -0.3 is 0 Å². The van der Waals surface area contributed by atoms with E-state index < -0.39 is 0 Å². The molecule has 0 aliphatic heterocycles. The van der Waals surface area contributed by atoms with E-state index >= 15 is 0 Å². The van der Waals surface area contributed by atoms with E-state index in [1.54, 1.807) is 11.3 Å². The normalized spacial score (nSPS) is 13.3. The second-order valence-corrected chi connectivity index (χ2v) is 4.19. The molecule has 0 aromatic carbocycles. The minimum atomic E-state index is 0.751. The van der Waals surface area contributed by atoms with Gasteiger partial charge in [-0.2, -0.15) is 0 Å². The highest BCUT2D eigenvalue weighted by atomic mass is 79.9. The number of hydrogen-bond donors (Lipinski definition) is 0. The van der Waals surface area contributed by atoms with E-state index in [1.807, 2.05) is 11.6 Å². The van der Waals surface area contributed by atoms with Gasteiger partial charge in [0.15, 0.2) is 0 Å². The second-order valence-electron chi connectivity index (χ2n) is 2.56. The number of nitrogens with zero attached hydrogens (tertiary/aromatic N) is 1. The molecule has 0 saturated heterocycles. The summed E-state index contributed by atoms with van der Waals surface area (Å²) in [5.74, 6) is 0.751. The molecule has 0 N–H and O–H groups in total. The van der Waals surface area contributed by atoms with E-state index in [9.17, 15) is 0 Å². The smallest absolute Gasteiger partial charge is 0.0927 e. The van der Waals surface area contributed by atoms with Gasteiger partial charge >= 0.3 is 0 Å². The van der Waals surface area contributed by atoms with Crippen LogP contribution < -0.4 is 0 Å². The molecule has 0 amide bonds. The largest absolute Gasteiger partial charge is 0.250 e. The predicted octanol–water partition coefficient (Wildman–Crippen LogP) is 3.11. The van der Waals surface area contributed by atoms with Crippen LogP contribution in [0.4, 0.5) is 0 Å². The Kier molecular flexibility index (Phi) is 4.08. The third-order valence-corrected chi connectivity index (χ3v) is 3.46. The van der Waals surface area contributed by atoms with Crippen molar-refractivity contribution < 1.29 is 0 Å². The summed E-state index contributed by atoms with van der Waals surface area (Å²) in [6, 6.07) is 0. The van der Waals surface area contributed by atoms with E-state index in [0.29, 0.717) is 0 Å². The molecule has 1 aromatic heterocycles. The van der Waals surface area contributed by atoms with E-state index in [1.165, 1.54) is 11.4 Å². The number of rotatable bonds is 4. The number of halogens is 1. The van der Waals surface area contributed by atoms with Crippen LogP contribution in [-0.4, -0.2) is 10.3 Å². The molecule has 62 valence electrons. The van der Waals surface area contributed by atoms with Crippen LogP contribution >= 0.6 is 27.3 Å². The molecule has 0 radical (unpaired) electrons. The lowest BCUT2D eigenvalue weighted by atomic mass is 10.1. The van der Waals surface area contributed by atoms with Crippen molar-refractivity contribution in [1.29, 1.82) is 0 Å². The molecule has 1 unspecified atom stereocenters. The van der Waals surface area contributed by atoms with Crippen LogP contribution in [-0.2, 0) is 6.42 Å². The van der Waals surface area contributed by atoms with Gasteiger partial charge in [0.2, 0.25) is 0 Å². The Morgan fingerprint density at radius 3 is 3.00 bits per heavy atom. The lowest BCUT2D eigenvalue weighted by Crippen LogP contribution is -2.03. The summed E-state index contributed by atoms with van der Waals surface area (Å²) in [4.78, 5) is 4.25. The minimum Gasteiger partial charge on any atom is -0.250 e. The molecule has 0 aliphatic rings. The molecule has 1 heterocycles. The van der Waals surface area contributed by atoms with Gasteiger partial charge in [-0.15, -0.1) is 11.3 Å². The number of thiazole rings is 1. The van der Waals surface area contributed by atoms with Crippen molar-refractivity contribution >= 4 is 27.3 Å². The molecule has 1 atom stereocenters. The summed E-state index contributed by atoms with van der Waals surface area (Å²) in [5.41, 5.74) is 0. The molecule has 11 heavy (non-hydrogen) atoms. The maximum Gasteiger partial charge on any atom is 0.0927 e. The minimum absolute atomic E-state index is 0.751. The zero-order valence-corrected chi connectivity index (χ0v) is 8.99. The van der Waals surface area contributed by atoms with Crippen molar-refractivity contribution in [3.05, 3.63) is 16.6 Å². The summed E-state index contributed by atoms with van der Waals surface area (Å²) in [7, 11) is 0. The third kappa shape index (κ3) is 2.91. The molecule has 0 saturated carbocycles. The van der Waals surface area contributed by atoms with E-state index in [4.69, 9.17) is 0 Å². The lowest BCUT2D eigenvalue weighted by molar-refractivity contribution is 0.572. The maximum atomic E-state index is 4.25. The van der Waals surface area contributed by atoms with Gasteiger partial charge in [0.05, 0.1) is 5.01 Å². The molecule has 1 rings (SSSR count). The van der Waals surface area contributed by atoms with Crippen molar-refractivity contribution in [2.24, 2.45) is 5.92 Å². The lowest BCUT2D eigenvalue weighted by Gasteiger charge is -2.07. The highest BCUT2D eigenvalue weighted by molar-refractivity contribution is 9.09. The maximum absolute atomic E-state index is 4.25. The number of alkyl halides is 1. The predicted molar refractivity (Wildman–Crippen MR) is 53.4 cm³/mol. The Labute approximate surface area is 80.0 Å². The Morgan fingerprint density at radius 2 is 2.55 bits per heavy atom. The molecular weight excluding hydrogens is 222 g/mol. The average Bonchev–Trinajstić information content (AvgIpc) is 2.52. The fraction of sp³-hybridized carbons (Fsp3) is 0.625. The first-order valence-electron chi connectivity index (χ1n) is 3.81. The fourth-order valence-electron chi connectivity index (χ4n) is 0.909. The van der Waals surface area contributed by atoms with Gasteiger partial charge in [0.1, 0.15) is 0 Å². The quantitative estimate of drug-likeness (QED) is 0.729. The topological polar surface area (TPSA) is 12.9 Å². The first kappa shape index (κ1) is 9.20. The zero-order valence-electron chi connectivity index (χ0n) is 6.59. The summed E-state index contributed by atoms with van der Waals surface area (Å²) in [6.07, 6.45) is 4.23. The van der Waals surface area contributed by atoms with E-state index in [-0.39, 0.29) is 0 Å². The number of aromatic nitrogens is 1. The van der Waals surface area contributed by atoms with Crippen molar-refractivity contribution in [3.63, 3.8) is 0 Å². The van der Waals surface area contributed by atoms with Gasteiger partial charge in [-0.1, -0.05) is 29.3 Å². The van der Waals surface area contributed by atoms with E-state index in [0.717, 1.165) is 17.7 Å². The van der Waals surface area contributed by atoms with Crippen LogP contribution in [0.25, 0.3) is 0 Å². The van der Waals surface area contributed by atoms with Gasteiger partial charge in [-0.3, -0.25) is 0 Å². The number of hydrogen-bond acceptors (Lipinski definition) is 2. The summed E-state index contributed by atoms with van der Waals surface area (Å²) >= 11 is 5.25. The first-order chi connectivity index (χ1) is 5.36. The first-order valence-corrected chi connectivity index (χ1v) is 5.81. The molecule has 0 bridgehead atoms. The van der Waals surface area contributed by atoms with Crippen LogP contribution in [0.15, 0.2) is 11.6 Å². The Balaban J connectivity index is 2.41. The van der Waals surface area contributed by atoms with Crippen LogP contribution in [0, 0.1) is 5.92 Å². The van der Waals surface area contributed by atoms with Crippen molar-refractivity contribution in [2.45, 2.75) is 19.8 Å². The van der Waals surface area contributed by atoms with Gasteiger partial charge in [-0.05, 0) is 5.92 Å². The van der Waals surface area contributed by atoms with Crippen molar-refractivity contribution in [3.8, 4) is 0 Å². The molecule has 1 aromatic rings. The van der Waals surface area contributed by atoms with Gasteiger partial charge in [-0.25, -0.2) is 4.98 Å². The fourth-order valence-corrected chi connectivity index (χ4v) is 2.33. The van der Waals surface area contributed by atoms with Gasteiger partial charge in [0, 0.05) is 23.3 Å². The van der Waals surface area contributed by atoms with E-state index in [2.05, 4.69) is 27.8 Å². The highest BCUT2D eigenvalue weighted by Gasteiger charge is 2.06. The standard InChI is InChI=1S/C8H12BrNS/c1-2-7(6-9)5-8-10-3-4-11-8/h3-4,7H,2,5-6H2,1H3. The van der Waals surface area contributed by atoms with Crippen molar-refractivity contribution in [1.82, 2.24) is 4.98 Å². The molecule has 1 nitrogen and oxygen atoms in total.